The average Bonchev–Trinajstić information content (AvgIpc) is 3.25. The van der Waals surface area contributed by atoms with E-state index in [2.05, 4.69) is 32.0 Å². The van der Waals surface area contributed by atoms with Crippen molar-refractivity contribution in [3.8, 4) is 0 Å². The van der Waals surface area contributed by atoms with Crippen molar-refractivity contribution < 1.29 is 4.52 Å². The Balaban J connectivity index is 1.29. The van der Waals surface area contributed by atoms with Gasteiger partial charge in [-0.15, -0.1) is 0 Å². The van der Waals surface area contributed by atoms with Crippen LogP contribution in [-0.4, -0.2) is 34.2 Å². The minimum Gasteiger partial charge on any atom is -0.338 e. The first-order chi connectivity index (χ1) is 12.2. The van der Waals surface area contributed by atoms with Crippen molar-refractivity contribution in [1.82, 2.24) is 25.9 Å². The highest BCUT2D eigenvalue weighted by atomic mass is 35.5. The smallest absolute Gasteiger partial charge is 0.240 e. The van der Waals surface area contributed by atoms with E-state index in [-0.39, 0.29) is 6.04 Å². The fourth-order valence-electron chi connectivity index (χ4n) is 3.96. The topological polar surface area (TPSA) is 66.2 Å². The lowest BCUT2D eigenvalue weighted by Gasteiger charge is -2.33. The van der Waals surface area contributed by atoms with Gasteiger partial charge in [0.05, 0.1) is 6.54 Å². The third-order valence-corrected chi connectivity index (χ3v) is 5.69. The van der Waals surface area contributed by atoms with Crippen LogP contribution in [0, 0.1) is 12.8 Å². The van der Waals surface area contributed by atoms with E-state index in [1.165, 1.54) is 18.4 Å². The normalized spacial score (nSPS) is 25.5. The van der Waals surface area contributed by atoms with Crippen LogP contribution in [0.1, 0.15) is 42.6 Å². The van der Waals surface area contributed by atoms with Crippen LogP contribution in [0.25, 0.3) is 0 Å². The summed E-state index contributed by atoms with van der Waals surface area (Å²) in [4.78, 5) is 6.70. The molecule has 25 heavy (non-hydrogen) atoms. The molecule has 4 rings (SSSR count). The highest BCUT2D eigenvalue weighted by Crippen LogP contribution is 2.33. The fraction of sp³-hybridized carbons (Fsp3) is 0.556. The van der Waals surface area contributed by atoms with Crippen molar-refractivity contribution in [2.75, 3.05) is 13.1 Å². The van der Waals surface area contributed by atoms with Gasteiger partial charge in [-0.25, -0.2) is 5.43 Å². The molecule has 0 aliphatic carbocycles. The molecule has 1 aromatic carbocycles. The Kier molecular flexibility index (Phi) is 5.03. The van der Waals surface area contributed by atoms with Gasteiger partial charge in [0.2, 0.25) is 5.89 Å². The van der Waals surface area contributed by atoms with Crippen LogP contribution >= 0.6 is 11.6 Å². The summed E-state index contributed by atoms with van der Waals surface area (Å²) in [5.74, 6) is 2.10. The summed E-state index contributed by atoms with van der Waals surface area (Å²) in [6.07, 6.45) is 3.45. The summed E-state index contributed by atoms with van der Waals surface area (Å²) in [5, 5.41) is 4.70. The lowest BCUT2D eigenvalue weighted by atomic mass is 9.86. The van der Waals surface area contributed by atoms with E-state index in [0.29, 0.717) is 17.8 Å². The molecular formula is C18H24ClN5O. The van der Waals surface area contributed by atoms with Gasteiger partial charge in [-0.05, 0) is 56.8 Å². The number of aromatic nitrogens is 2. The Morgan fingerprint density at radius 1 is 1.24 bits per heavy atom. The van der Waals surface area contributed by atoms with Crippen molar-refractivity contribution in [3.05, 3.63) is 46.6 Å². The first-order valence-corrected chi connectivity index (χ1v) is 9.34. The predicted molar refractivity (Wildman–Crippen MR) is 95.9 cm³/mol. The molecule has 2 unspecified atom stereocenters. The van der Waals surface area contributed by atoms with Gasteiger partial charge in [0.15, 0.2) is 5.82 Å². The molecule has 0 amide bonds. The molecule has 2 aliphatic heterocycles. The van der Waals surface area contributed by atoms with E-state index in [0.717, 1.165) is 37.0 Å². The van der Waals surface area contributed by atoms with Crippen molar-refractivity contribution in [1.29, 1.82) is 0 Å². The molecule has 2 aromatic rings. The molecule has 0 bridgehead atoms. The maximum absolute atomic E-state index is 6.34. The van der Waals surface area contributed by atoms with E-state index >= 15 is 0 Å². The molecule has 2 saturated heterocycles. The number of nitrogens with zero attached hydrogens (tertiary/aromatic N) is 3. The van der Waals surface area contributed by atoms with Crippen LogP contribution in [0.15, 0.2) is 28.8 Å². The minimum atomic E-state index is 0.290. The molecule has 7 heteroatoms. The summed E-state index contributed by atoms with van der Waals surface area (Å²) in [5.41, 5.74) is 8.12. The Hall–Kier alpha value is -1.47. The monoisotopic (exact) mass is 361 g/mol. The molecule has 2 atom stereocenters. The molecule has 6 nitrogen and oxygen atoms in total. The first kappa shape index (κ1) is 17.0. The summed E-state index contributed by atoms with van der Waals surface area (Å²) < 4.78 is 5.23. The summed E-state index contributed by atoms with van der Waals surface area (Å²) in [6, 6.07) is 8.88. The van der Waals surface area contributed by atoms with Gasteiger partial charge in [-0.3, -0.25) is 10.3 Å². The van der Waals surface area contributed by atoms with Crippen LogP contribution in [0.2, 0.25) is 5.02 Å². The molecule has 2 aliphatic rings. The van der Waals surface area contributed by atoms with Crippen LogP contribution in [0.5, 0.6) is 0 Å². The van der Waals surface area contributed by atoms with Gasteiger partial charge in [0.25, 0.3) is 0 Å². The van der Waals surface area contributed by atoms with Gasteiger partial charge in [0, 0.05) is 17.1 Å². The molecule has 0 saturated carbocycles. The van der Waals surface area contributed by atoms with Crippen LogP contribution in [0.3, 0.4) is 0 Å². The maximum Gasteiger partial charge on any atom is 0.240 e. The number of likely N-dealkylation sites (tertiary alicyclic amines) is 1. The molecule has 2 fully saturated rings. The first-order valence-electron chi connectivity index (χ1n) is 8.96. The zero-order chi connectivity index (χ0) is 17.2. The van der Waals surface area contributed by atoms with Gasteiger partial charge in [0.1, 0.15) is 0 Å². The Morgan fingerprint density at radius 2 is 2.04 bits per heavy atom. The number of halogens is 1. The van der Waals surface area contributed by atoms with Crippen LogP contribution < -0.4 is 10.9 Å². The molecular weight excluding hydrogens is 338 g/mol. The largest absolute Gasteiger partial charge is 0.338 e. The number of rotatable bonds is 4. The van der Waals surface area contributed by atoms with Crippen molar-refractivity contribution in [3.63, 3.8) is 0 Å². The van der Waals surface area contributed by atoms with Gasteiger partial charge in [-0.1, -0.05) is 35.0 Å². The highest BCUT2D eigenvalue weighted by molar-refractivity contribution is 6.31. The zero-order valence-corrected chi connectivity index (χ0v) is 15.2. The average molecular weight is 362 g/mol. The lowest BCUT2D eigenvalue weighted by Crippen LogP contribution is -2.42. The fourth-order valence-corrected chi connectivity index (χ4v) is 4.23. The van der Waals surface area contributed by atoms with Crippen LogP contribution in [0.4, 0.5) is 0 Å². The molecule has 2 N–H and O–H groups in total. The Labute approximate surface area is 152 Å². The second-order valence-electron chi connectivity index (χ2n) is 7.05. The zero-order valence-electron chi connectivity index (χ0n) is 14.4. The molecule has 3 heterocycles. The molecule has 134 valence electrons. The maximum atomic E-state index is 6.34. The van der Waals surface area contributed by atoms with E-state index in [1.54, 1.807) is 0 Å². The van der Waals surface area contributed by atoms with Crippen molar-refractivity contribution in [2.24, 2.45) is 5.92 Å². The quantitative estimate of drug-likeness (QED) is 0.873. The predicted octanol–water partition coefficient (Wildman–Crippen LogP) is 2.85. The Bertz CT molecular complexity index is 713. The van der Waals surface area contributed by atoms with Crippen molar-refractivity contribution >= 4 is 11.6 Å². The lowest BCUT2D eigenvalue weighted by molar-refractivity contribution is 0.141. The summed E-state index contributed by atoms with van der Waals surface area (Å²) >= 11 is 6.34. The van der Waals surface area contributed by atoms with Gasteiger partial charge < -0.3 is 4.52 Å². The number of hydrogen-bond donors (Lipinski definition) is 2. The number of piperidine rings is 1. The van der Waals surface area contributed by atoms with Crippen LogP contribution in [-0.2, 0) is 6.54 Å². The highest BCUT2D eigenvalue weighted by Gasteiger charge is 2.33. The van der Waals surface area contributed by atoms with Crippen molar-refractivity contribution in [2.45, 2.75) is 44.8 Å². The number of nitrogens with one attached hydrogen (secondary N) is 2. The summed E-state index contributed by atoms with van der Waals surface area (Å²) in [7, 11) is 0. The van der Waals surface area contributed by atoms with Gasteiger partial charge in [-0.2, -0.15) is 4.98 Å². The number of hydrogen-bond acceptors (Lipinski definition) is 6. The third-order valence-electron chi connectivity index (χ3n) is 5.34. The second-order valence-corrected chi connectivity index (χ2v) is 7.46. The number of benzene rings is 1. The molecule has 1 aromatic heterocycles. The molecule has 0 spiro atoms. The number of aryl methyl sites for hydroxylation is 1. The number of hydrazine groups is 1. The van der Waals surface area contributed by atoms with E-state index in [4.69, 9.17) is 16.1 Å². The molecule has 0 radical (unpaired) electrons. The third kappa shape index (κ3) is 3.87. The van der Waals surface area contributed by atoms with Gasteiger partial charge >= 0.3 is 0 Å². The Morgan fingerprint density at radius 3 is 2.76 bits per heavy atom. The standard InChI is InChI=1S/C18H24ClN5O/c1-12-20-18(25-23-12)11-24-8-6-13(7-9-24)16-10-17(22-21-16)14-4-2-3-5-15(14)19/h2-5,13,16-17,21-22H,6-11H2,1H3. The van der Waals surface area contributed by atoms with E-state index in [9.17, 15) is 0 Å². The minimum absolute atomic E-state index is 0.290. The SMILES string of the molecule is Cc1noc(CN2CCC(C3CC(c4ccccc4Cl)NN3)CC2)n1. The van der Waals surface area contributed by atoms with E-state index < -0.39 is 0 Å². The summed E-state index contributed by atoms with van der Waals surface area (Å²) in [6.45, 7) is 4.75. The van der Waals surface area contributed by atoms with E-state index in [1.807, 2.05) is 25.1 Å². The second kappa shape index (κ2) is 7.41.